The van der Waals surface area contributed by atoms with Gasteiger partial charge in [-0.2, -0.15) is 5.10 Å². The van der Waals surface area contributed by atoms with Crippen LogP contribution < -0.4 is 10.6 Å². The van der Waals surface area contributed by atoms with Gasteiger partial charge in [-0.1, -0.05) is 18.2 Å². The molecule has 8 heteroatoms. The van der Waals surface area contributed by atoms with Gasteiger partial charge in [-0.05, 0) is 52.3 Å². The maximum absolute atomic E-state index is 13.1. The number of carbonyl (C=O) groups is 2. The van der Waals surface area contributed by atoms with Crippen LogP contribution in [-0.2, 0) is 29.5 Å². The van der Waals surface area contributed by atoms with E-state index in [4.69, 9.17) is 4.74 Å². The van der Waals surface area contributed by atoms with Crippen molar-refractivity contribution in [3.05, 3.63) is 53.5 Å². The Labute approximate surface area is 188 Å². The van der Waals surface area contributed by atoms with Crippen LogP contribution in [0.25, 0.3) is 10.9 Å². The Hall–Kier alpha value is -3.29. The van der Waals surface area contributed by atoms with Gasteiger partial charge >= 0.3 is 6.09 Å². The SMILES string of the molecule is Cc1cc(C)n(CCNC(=O)[C@@H](Cc2cn(C)c3ccccc23)NC(=O)OC(C)(C)C)n1. The molecule has 2 aromatic heterocycles. The fourth-order valence-electron chi connectivity index (χ4n) is 3.78. The van der Waals surface area contributed by atoms with Crippen molar-refractivity contribution >= 4 is 22.9 Å². The van der Waals surface area contributed by atoms with Crippen molar-refractivity contribution in [2.45, 2.75) is 59.2 Å². The lowest BCUT2D eigenvalue weighted by Crippen LogP contribution is -2.49. The second-order valence-corrected chi connectivity index (χ2v) is 9.13. The average Bonchev–Trinajstić information content (AvgIpc) is 3.18. The highest BCUT2D eigenvalue weighted by Crippen LogP contribution is 2.22. The molecule has 0 fully saturated rings. The molecule has 3 rings (SSSR count). The molecule has 0 saturated heterocycles. The second-order valence-electron chi connectivity index (χ2n) is 9.13. The molecular formula is C24H33N5O3. The third-order valence-electron chi connectivity index (χ3n) is 5.14. The smallest absolute Gasteiger partial charge is 0.408 e. The predicted molar refractivity (Wildman–Crippen MR) is 124 cm³/mol. The van der Waals surface area contributed by atoms with Crippen LogP contribution in [0.4, 0.5) is 4.79 Å². The molecule has 0 aliphatic rings. The van der Waals surface area contributed by atoms with Crippen molar-refractivity contribution in [3.63, 3.8) is 0 Å². The first-order valence-corrected chi connectivity index (χ1v) is 10.8. The highest BCUT2D eigenvalue weighted by Gasteiger charge is 2.25. The summed E-state index contributed by atoms with van der Waals surface area (Å²) in [5.41, 5.74) is 3.38. The molecule has 0 saturated carbocycles. The van der Waals surface area contributed by atoms with Crippen molar-refractivity contribution in [1.82, 2.24) is 25.0 Å². The zero-order valence-electron chi connectivity index (χ0n) is 19.7. The normalized spacial score (nSPS) is 12.6. The van der Waals surface area contributed by atoms with Crippen LogP contribution in [0.3, 0.4) is 0 Å². The van der Waals surface area contributed by atoms with Crippen LogP contribution in [0.2, 0.25) is 0 Å². The van der Waals surface area contributed by atoms with Crippen LogP contribution in [0, 0.1) is 13.8 Å². The number of ether oxygens (including phenoxy) is 1. The number of hydrogen-bond acceptors (Lipinski definition) is 4. The number of para-hydroxylation sites is 1. The van der Waals surface area contributed by atoms with Crippen molar-refractivity contribution in [1.29, 1.82) is 0 Å². The summed E-state index contributed by atoms with van der Waals surface area (Å²) in [6.07, 6.45) is 1.74. The lowest BCUT2D eigenvalue weighted by Gasteiger charge is -2.23. The van der Waals surface area contributed by atoms with E-state index in [0.29, 0.717) is 19.5 Å². The van der Waals surface area contributed by atoms with Crippen LogP contribution in [-0.4, -0.2) is 44.5 Å². The monoisotopic (exact) mass is 439 g/mol. The molecule has 2 heterocycles. The zero-order valence-corrected chi connectivity index (χ0v) is 19.7. The maximum Gasteiger partial charge on any atom is 0.408 e. The van der Waals surface area contributed by atoms with E-state index in [0.717, 1.165) is 27.9 Å². The second kappa shape index (κ2) is 9.46. The number of aryl methyl sites for hydroxylation is 3. The first-order chi connectivity index (χ1) is 15.0. The Bertz CT molecular complexity index is 1110. The number of hydrogen-bond donors (Lipinski definition) is 2. The molecule has 0 aliphatic carbocycles. The predicted octanol–water partition coefficient (Wildman–Crippen LogP) is 3.24. The molecule has 8 nitrogen and oxygen atoms in total. The summed E-state index contributed by atoms with van der Waals surface area (Å²) >= 11 is 0. The molecule has 0 aliphatic heterocycles. The lowest BCUT2D eigenvalue weighted by molar-refractivity contribution is -0.123. The van der Waals surface area contributed by atoms with E-state index in [1.807, 2.05) is 66.7 Å². The van der Waals surface area contributed by atoms with Gasteiger partial charge in [0.25, 0.3) is 0 Å². The van der Waals surface area contributed by atoms with Gasteiger partial charge in [-0.15, -0.1) is 0 Å². The maximum atomic E-state index is 13.1. The molecule has 2 amide bonds. The number of carbonyl (C=O) groups excluding carboxylic acids is 2. The van der Waals surface area contributed by atoms with Gasteiger partial charge in [0.05, 0.1) is 12.2 Å². The zero-order chi connectivity index (χ0) is 23.5. The van der Waals surface area contributed by atoms with E-state index in [1.165, 1.54) is 0 Å². The third-order valence-corrected chi connectivity index (χ3v) is 5.14. The minimum absolute atomic E-state index is 0.259. The topological polar surface area (TPSA) is 90.2 Å². The fourth-order valence-corrected chi connectivity index (χ4v) is 3.78. The van der Waals surface area contributed by atoms with Crippen LogP contribution in [0.1, 0.15) is 37.7 Å². The first-order valence-electron chi connectivity index (χ1n) is 10.8. The van der Waals surface area contributed by atoms with Gasteiger partial charge in [0.15, 0.2) is 0 Å². The highest BCUT2D eigenvalue weighted by molar-refractivity contribution is 5.88. The molecule has 32 heavy (non-hydrogen) atoms. The Morgan fingerprint density at radius 3 is 2.56 bits per heavy atom. The summed E-state index contributed by atoms with van der Waals surface area (Å²) < 4.78 is 9.27. The molecule has 0 radical (unpaired) electrons. The molecule has 0 spiro atoms. The highest BCUT2D eigenvalue weighted by atomic mass is 16.6. The molecule has 3 aromatic rings. The molecule has 0 bridgehead atoms. The van der Waals surface area contributed by atoms with Crippen molar-refractivity contribution < 1.29 is 14.3 Å². The number of nitrogens with one attached hydrogen (secondary N) is 2. The average molecular weight is 440 g/mol. The van der Waals surface area contributed by atoms with Gasteiger partial charge in [-0.25, -0.2) is 4.79 Å². The van der Waals surface area contributed by atoms with Gasteiger partial charge < -0.3 is 19.9 Å². The van der Waals surface area contributed by atoms with E-state index >= 15 is 0 Å². The van der Waals surface area contributed by atoms with Crippen LogP contribution in [0.15, 0.2) is 36.5 Å². The Morgan fingerprint density at radius 2 is 1.91 bits per heavy atom. The van der Waals surface area contributed by atoms with Gasteiger partial charge in [0.2, 0.25) is 5.91 Å². The largest absolute Gasteiger partial charge is 0.444 e. The summed E-state index contributed by atoms with van der Waals surface area (Å²) in [6, 6.07) is 9.23. The van der Waals surface area contributed by atoms with E-state index < -0.39 is 17.7 Å². The summed E-state index contributed by atoms with van der Waals surface area (Å²) in [5, 5.41) is 11.2. The fraction of sp³-hybridized carbons (Fsp3) is 0.458. The number of amides is 2. The van der Waals surface area contributed by atoms with Crippen molar-refractivity contribution in [2.24, 2.45) is 7.05 Å². The summed E-state index contributed by atoms with van der Waals surface area (Å²) in [6.45, 7) is 10.3. The van der Waals surface area contributed by atoms with Crippen LogP contribution >= 0.6 is 0 Å². The Balaban J connectivity index is 1.74. The summed E-state index contributed by atoms with van der Waals surface area (Å²) in [5.74, 6) is -0.259. The number of rotatable bonds is 7. The number of benzene rings is 1. The lowest BCUT2D eigenvalue weighted by atomic mass is 10.0. The molecule has 1 atom stereocenters. The summed E-state index contributed by atoms with van der Waals surface area (Å²) in [7, 11) is 1.97. The summed E-state index contributed by atoms with van der Waals surface area (Å²) in [4.78, 5) is 25.5. The molecule has 172 valence electrons. The molecular weight excluding hydrogens is 406 g/mol. The number of alkyl carbamates (subject to hydrolysis) is 1. The Morgan fingerprint density at radius 1 is 1.19 bits per heavy atom. The number of fused-ring (bicyclic) bond motifs is 1. The van der Waals surface area contributed by atoms with E-state index in [1.54, 1.807) is 20.8 Å². The third kappa shape index (κ3) is 5.90. The quantitative estimate of drug-likeness (QED) is 0.591. The minimum Gasteiger partial charge on any atom is -0.444 e. The molecule has 0 unspecified atom stereocenters. The number of nitrogens with zero attached hydrogens (tertiary/aromatic N) is 3. The van der Waals surface area contributed by atoms with Crippen molar-refractivity contribution in [2.75, 3.05) is 6.54 Å². The Kier molecular flexibility index (Phi) is 6.91. The van der Waals surface area contributed by atoms with Crippen molar-refractivity contribution in [3.8, 4) is 0 Å². The minimum atomic E-state index is -0.767. The van der Waals surface area contributed by atoms with E-state index in [2.05, 4.69) is 15.7 Å². The van der Waals surface area contributed by atoms with E-state index in [9.17, 15) is 9.59 Å². The standard InChI is InChI=1S/C24H33N5O3/c1-16-13-17(2)29(27-16)12-11-25-22(30)20(26-23(31)32-24(3,4)5)14-18-15-28(6)21-10-8-7-9-19(18)21/h7-10,13,15,20H,11-12,14H2,1-6H3,(H,25,30)(H,26,31)/t20-/m1/s1. The van der Waals surface area contributed by atoms with Gasteiger partial charge in [0.1, 0.15) is 11.6 Å². The molecule has 1 aromatic carbocycles. The van der Waals surface area contributed by atoms with Crippen LogP contribution in [0.5, 0.6) is 0 Å². The van der Waals surface area contributed by atoms with E-state index in [-0.39, 0.29) is 5.91 Å². The molecule has 2 N–H and O–H groups in total. The first kappa shape index (κ1) is 23.4. The van der Waals surface area contributed by atoms with Gasteiger partial charge in [0, 0.05) is 42.8 Å². The number of aromatic nitrogens is 3. The van der Waals surface area contributed by atoms with Gasteiger partial charge in [-0.3, -0.25) is 9.48 Å².